The van der Waals surface area contributed by atoms with E-state index < -0.39 is 10.0 Å². The molecule has 0 aliphatic carbocycles. The third-order valence-electron chi connectivity index (χ3n) is 2.16. The van der Waals surface area contributed by atoms with Crippen LogP contribution in [-0.4, -0.2) is 28.6 Å². The highest BCUT2D eigenvalue weighted by molar-refractivity contribution is 9.10. The first-order valence-corrected chi connectivity index (χ1v) is 8.20. The summed E-state index contributed by atoms with van der Waals surface area (Å²) in [4.78, 5) is 0.0184. The molecule has 1 rings (SSSR count). The van der Waals surface area contributed by atoms with E-state index in [4.69, 9.17) is 23.2 Å². The second-order valence-electron chi connectivity index (χ2n) is 3.55. The first kappa shape index (κ1) is 19.4. The Bertz CT molecular complexity index is 526. The summed E-state index contributed by atoms with van der Waals surface area (Å²) in [5.74, 6) is 0. The molecule has 0 atom stereocenters. The molecule has 0 amide bonds. The van der Waals surface area contributed by atoms with Crippen molar-refractivity contribution < 1.29 is 8.42 Å². The molecule has 1 aromatic rings. The number of rotatable bonds is 6. The Balaban J connectivity index is 0.00000324. The van der Waals surface area contributed by atoms with Crippen LogP contribution >= 0.6 is 51.5 Å². The molecule has 1 aromatic carbocycles. The van der Waals surface area contributed by atoms with E-state index in [1.807, 2.05) is 7.05 Å². The normalized spacial score (nSPS) is 11.2. The number of benzene rings is 1. The predicted octanol–water partition coefficient (Wildman–Crippen LogP) is 3.07. The van der Waals surface area contributed by atoms with Crippen molar-refractivity contribution in [3.8, 4) is 0 Å². The average molecular weight is 413 g/mol. The summed E-state index contributed by atoms with van der Waals surface area (Å²) in [6, 6.07) is 2.79. The summed E-state index contributed by atoms with van der Waals surface area (Å²) >= 11 is 14.9. The molecule has 0 aliphatic heterocycles. The second-order valence-corrected chi connectivity index (χ2v) is 6.96. The fourth-order valence-corrected chi connectivity index (χ4v) is 3.60. The summed E-state index contributed by atoms with van der Waals surface area (Å²) in [5, 5.41) is 3.41. The summed E-state index contributed by atoms with van der Waals surface area (Å²) in [6.45, 7) is 1.08. The highest BCUT2D eigenvalue weighted by atomic mass is 79.9. The van der Waals surface area contributed by atoms with Gasteiger partial charge in [-0.05, 0) is 48.1 Å². The summed E-state index contributed by atoms with van der Waals surface area (Å²) < 4.78 is 27.0. The van der Waals surface area contributed by atoms with Crippen molar-refractivity contribution in [2.45, 2.75) is 11.3 Å². The van der Waals surface area contributed by atoms with E-state index in [0.29, 0.717) is 22.5 Å². The molecule has 2 N–H and O–H groups in total. The van der Waals surface area contributed by atoms with E-state index in [2.05, 4.69) is 26.0 Å². The van der Waals surface area contributed by atoms with Gasteiger partial charge in [0.1, 0.15) is 4.90 Å². The zero-order valence-electron chi connectivity index (χ0n) is 10.0. The van der Waals surface area contributed by atoms with Gasteiger partial charge in [-0.3, -0.25) is 0 Å². The second kappa shape index (κ2) is 8.67. The van der Waals surface area contributed by atoms with Gasteiger partial charge in [-0.2, -0.15) is 0 Å². The van der Waals surface area contributed by atoms with Crippen LogP contribution in [0, 0.1) is 0 Å². The van der Waals surface area contributed by atoms with Crippen LogP contribution in [0.3, 0.4) is 0 Å². The maximum Gasteiger partial charge on any atom is 0.242 e. The van der Waals surface area contributed by atoms with Crippen LogP contribution in [0.25, 0.3) is 0 Å². The minimum absolute atomic E-state index is 0. The minimum Gasteiger partial charge on any atom is -0.320 e. The van der Waals surface area contributed by atoms with Crippen LogP contribution < -0.4 is 10.0 Å². The molecule has 0 heterocycles. The fraction of sp³-hybridized carbons (Fsp3) is 0.400. The van der Waals surface area contributed by atoms with Crippen molar-refractivity contribution in [1.29, 1.82) is 0 Å². The predicted molar refractivity (Wildman–Crippen MR) is 85.1 cm³/mol. The maximum absolute atomic E-state index is 12.0. The van der Waals surface area contributed by atoms with E-state index in [1.165, 1.54) is 12.1 Å². The molecule has 19 heavy (non-hydrogen) atoms. The van der Waals surface area contributed by atoms with Crippen LogP contribution in [0.15, 0.2) is 21.5 Å². The third kappa shape index (κ3) is 5.75. The molecule has 9 heteroatoms. The zero-order chi connectivity index (χ0) is 13.8. The van der Waals surface area contributed by atoms with Crippen molar-refractivity contribution >= 4 is 61.6 Å². The van der Waals surface area contributed by atoms with Crippen molar-refractivity contribution in [2.24, 2.45) is 0 Å². The summed E-state index contributed by atoms with van der Waals surface area (Å²) in [7, 11) is -1.80. The fourth-order valence-electron chi connectivity index (χ4n) is 1.26. The minimum atomic E-state index is -3.61. The Labute approximate surface area is 137 Å². The molecule has 0 saturated heterocycles. The summed E-state index contributed by atoms with van der Waals surface area (Å²) in [5.41, 5.74) is 0. The molecule has 0 fully saturated rings. The van der Waals surface area contributed by atoms with E-state index in [0.717, 1.165) is 6.54 Å². The quantitative estimate of drug-likeness (QED) is 0.558. The Kier molecular flexibility index (Phi) is 8.87. The lowest BCUT2D eigenvalue weighted by molar-refractivity contribution is 0.577. The van der Waals surface area contributed by atoms with E-state index in [9.17, 15) is 8.42 Å². The Morgan fingerprint density at radius 3 is 2.42 bits per heavy atom. The molecule has 0 radical (unpaired) electrons. The zero-order valence-corrected chi connectivity index (χ0v) is 14.8. The van der Waals surface area contributed by atoms with Crippen molar-refractivity contribution in [3.05, 3.63) is 26.7 Å². The first-order valence-electron chi connectivity index (χ1n) is 5.17. The number of hydrogen-bond donors (Lipinski definition) is 2. The number of halogens is 4. The average Bonchev–Trinajstić information content (AvgIpc) is 2.29. The lowest BCUT2D eigenvalue weighted by Gasteiger charge is -2.09. The lowest BCUT2D eigenvalue weighted by Crippen LogP contribution is -2.27. The highest BCUT2D eigenvalue weighted by Gasteiger charge is 2.19. The highest BCUT2D eigenvalue weighted by Crippen LogP contribution is 2.31. The van der Waals surface area contributed by atoms with Gasteiger partial charge in [-0.15, -0.1) is 12.4 Å². The van der Waals surface area contributed by atoms with Gasteiger partial charge < -0.3 is 5.32 Å². The van der Waals surface area contributed by atoms with Gasteiger partial charge in [0, 0.05) is 11.0 Å². The van der Waals surface area contributed by atoms with Crippen molar-refractivity contribution in [1.82, 2.24) is 10.0 Å². The van der Waals surface area contributed by atoms with E-state index in [-0.39, 0.29) is 22.3 Å². The number of sulfonamides is 1. The molecular weight excluding hydrogens is 398 g/mol. The molecule has 0 saturated carbocycles. The standard InChI is InChI=1S/C10H13BrCl2N2O2S.ClH/c1-14-3-2-4-15-18(16,17)10-5-7(11)8(12)6-9(10)13;/h5-6,14-15H,2-4H2,1H3;1H. The first-order chi connectivity index (χ1) is 8.38. The van der Waals surface area contributed by atoms with Gasteiger partial charge in [0.05, 0.1) is 10.0 Å². The molecule has 110 valence electrons. The molecule has 4 nitrogen and oxygen atoms in total. The molecule has 0 bridgehead atoms. The van der Waals surface area contributed by atoms with Gasteiger partial charge in [-0.1, -0.05) is 23.2 Å². The third-order valence-corrected chi connectivity index (χ3v) is 5.28. The number of hydrogen-bond acceptors (Lipinski definition) is 3. The van der Waals surface area contributed by atoms with Crippen molar-refractivity contribution in [2.75, 3.05) is 20.1 Å². The van der Waals surface area contributed by atoms with Crippen LogP contribution in [0.2, 0.25) is 10.0 Å². The maximum atomic E-state index is 12.0. The van der Waals surface area contributed by atoms with Crippen molar-refractivity contribution in [3.63, 3.8) is 0 Å². The van der Waals surface area contributed by atoms with Gasteiger partial charge in [-0.25, -0.2) is 13.1 Å². The van der Waals surface area contributed by atoms with Gasteiger partial charge in [0.2, 0.25) is 10.0 Å². The SMILES string of the molecule is CNCCCNS(=O)(=O)c1cc(Br)c(Cl)cc1Cl.Cl. The van der Waals surface area contributed by atoms with Crippen LogP contribution in [0.4, 0.5) is 0 Å². The Morgan fingerprint density at radius 2 is 1.84 bits per heavy atom. The van der Waals surface area contributed by atoms with Crippen LogP contribution in [-0.2, 0) is 10.0 Å². The van der Waals surface area contributed by atoms with E-state index >= 15 is 0 Å². The Morgan fingerprint density at radius 1 is 1.21 bits per heavy atom. The summed E-state index contributed by atoms with van der Waals surface area (Å²) in [6.07, 6.45) is 0.697. The Hall–Kier alpha value is 0.440. The van der Waals surface area contributed by atoms with Gasteiger partial charge in [0.15, 0.2) is 0 Å². The smallest absolute Gasteiger partial charge is 0.242 e. The monoisotopic (exact) mass is 410 g/mol. The largest absolute Gasteiger partial charge is 0.320 e. The molecule has 0 spiro atoms. The molecule has 0 unspecified atom stereocenters. The van der Waals surface area contributed by atoms with Crippen LogP contribution in [0.5, 0.6) is 0 Å². The lowest BCUT2D eigenvalue weighted by atomic mass is 10.4. The van der Waals surface area contributed by atoms with E-state index in [1.54, 1.807) is 0 Å². The van der Waals surface area contributed by atoms with Crippen LogP contribution in [0.1, 0.15) is 6.42 Å². The van der Waals surface area contributed by atoms with Gasteiger partial charge >= 0.3 is 0 Å². The molecule has 0 aliphatic rings. The van der Waals surface area contributed by atoms with Gasteiger partial charge in [0.25, 0.3) is 0 Å². The molecule has 0 aromatic heterocycles. The topological polar surface area (TPSA) is 58.2 Å². The number of nitrogens with one attached hydrogen (secondary N) is 2. The molecular formula is C10H14BrCl3N2O2S.